The number of fused-ring (bicyclic) bond motifs is 2. The van der Waals surface area contributed by atoms with Crippen molar-refractivity contribution in [3.8, 4) is 17.3 Å². The maximum absolute atomic E-state index is 13.5. The van der Waals surface area contributed by atoms with E-state index in [1.165, 1.54) is 4.68 Å². The van der Waals surface area contributed by atoms with Gasteiger partial charge in [-0.05, 0) is 100 Å². The molecule has 0 bridgehead atoms. The van der Waals surface area contributed by atoms with Crippen molar-refractivity contribution in [2.75, 3.05) is 11.9 Å². The number of hydrogen-bond donors (Lipinski definition) is 1. The summed E-state index contributed by atoms with van der Waals surface area (Å²) < 4.78 is 14.5. The van der Waals surface area contributed by atoms with Crippen molar-refractivity contribution in [2.24, 2.45) is 5.10 Å². The number of para-hydroxylation sites is 1. The molecule has 208 valence electrons. The summed E-state index contributed by atoms with van der Waals surface area (Å²) in [5.74, 6) is 0.832. The van der Waals surface area contributed by atoms with Gasteiger partial charge in [0, 0.05) is 20.6 Å². The average Bonchev–Trinajstić information content (AvgIpc) is 3.40. The van der Waals surface area contributed by atoms with E-state index in [0.717, 1.165) is 9.86 Å². The number of ether oxygens (including phenoxy) is 1. The van der Waals surface area contributed by atoms with Gasteiger partial charge in [-0.15, -0.1) is 0 Å². The number of nitrogens with one attached hydrogen (secondary N) is 1. The number of amides is 1. The lowest BCUT2D eigenvalue weighted by Gasteiger charge is -2.10. The van der Waals surface area contributed by atoms with Crippen LogP contribution in [0.2, 0.25) is 5.02 Å². The third kappa shape index (κ3) is 6.01. The second-order valence-corrected chi connectivity index (χ2v) is 11.3. The van der Waals surface area contributed by atoms with Crippen molar-refractivity contribution >= 4 is 83.1 Å². The fraction of sp³-hybridized carbons (Fsp3) is 0.0323. The molecule has 0 aliphatic rings. The van der Waals surface area contributed by atoms with Crippen molar-refractivity contribution in [3.63, 3.8) is 0 Å². The standard InChI is InChI=1S/C31H19Br2ClN4O4/c32-20-6-12-26-19(14-20)15-28(42-26)30-37-25-4-2-1-3-23(25)31(40)38(30)35-16-18-5-11-27(24(33)13-18)41-17-29(39)36-22-9-7-21(34)8-10-22/h1-16H,17H2,(H,36,39). The Kier molecular flexibility index (Phi) is 7.92. The number of halogens is 3. The van der Waals surface area contributed by atoms with Crippen molar-refractivity contribution in [2.45, 2.75) is 0 Å². The zero-order valence-corrected chi connectivity index (χ0v) is 25.5. The van der Waals surface area contributed by atoms with Crippen LogP contribution in [0.4, 0.5) is 5.69 Å². The summed E-state index contributed by atoms with van der Waals surface area (Å²) in [6.45, 7) is -0.190. The van der Waals surface area contributed by atoms with Gasteiger partial charge in [-0.25, -0.2) is 4.98 Å². The minimum atomic E-state index is -0.334. The third-order valence-corrected chi connectivity index (χ3v) is 7.58. The molecule has 0 saturated heterocycles. The monoisotopic (exact) mass is 704 g/mol. The van der Waals surface area contributed by atoms with Crippen LogP contribution in [-0.4, -0.2) is 28.4 Å². The summed E-state index contributed by atoms with van der Waals surface area (Å²) in [7, 11) is 0. The summed E-state index contributed by atoms with van der Waals surface area (Å²) in [4.78, 5) is 30.5. The molecule has 0 atom stereocenters. The Morgan fingerprint density at radius 3 is 2.64 bits per heavy atom. The summed E-state index contributed by atoms with van der Waals surface area (Å²) in [5, 5.41) is 9.12. The molecule has 0 spiro atoms. The van der Waals surface area contributed by atoms with Crippen LogP contribution in [0.15, 0.2) is 114 Å². The SMILES string of the molecule is O=C(COc1ccc(C=Nn2c(-c3cc4cc(Br)ccc4o3)nc3ccccc3c2=O)cc1Br)Nc1ccc(Cl)cc1. The summed E-state index contributed by atoms with van der Waals surface area (Å²) in [6.07, 6.45) is 1.54. The van der Waals surface area contributed by atoms with Gasteiger partial charge in [0.15, 0.2) is 12.4 Å². The molecule has 1 N–H and O–H groups in total. The Labute approximate surface area is 260 Å². The zero-order chi connectivity index (χ0) is 29.2. The summed E-state index contributed by atoms with van der Waals surface area (Å²) >= 11 is 12.9. The maximum Gasteiger partial charge on any atom is 0.282 e. The fourth-order valence-corrected chi connectivity index (χ4v) is 5.24. The van der Waals surface area contributed by atoms with E-state index in [2.05, 4.69) is 42.3 Å². The van der Waals surface area contributed by atoms with Gasteiger partial charge in [0.2, 0.25) is 5.82 Å². The van der Waals surface area contributed by atoms with Gasteiger partial charge >= 0.3 is 0 Å². The lowest BCUT2D eigenvalue weighted by molar-refractivity contribution is -0.118. The topological polar surface area (TPSA) is 98.7 Å². The van der Waals surface area contributed by atoms with Crippen LogP contribution in [0.3, 0.4) is 0 Å². The number of anilines is 1. The van der Waals surface area contributed by atoms with Gasteiger partial charge in [-0.1, -0.05) is 39.7 Å². The first kappa shape index (κ1) is 27.9. The Balaban J connectivity index is 1.26. The Morgan fingerprint density at radius 1 is 1.02 bits per heavy atom. The van der Waals surface area contributed by atoms with Gasteiger partial charge in [0.25, 0.3) is 11.5 Å². The lowest BCUT2D eigenvalue weighted by Crippen LogP contribution is -2.20. The Morgan fingerprint density at radius 2 is 1.83 bits per heavy atom. The number of carbonyl (C=O) groups excluding carboxylic acids is 1. The highest BCUT2D eigenvalue weighted by Crippen LogP contribution is 2.30. The predicted octanol–water partition coefficient (Wildman–Crippen LogP) is 7.89. The Bertz CT molecular complexity index is 2060. The molecule has 6 aromatic rings. The fourth-order valence-electron chi connectivity index (χ4n) is 4.23. The Hall–Kier alpha value is -4.25. The number of hydrogen-bond acceptors (Lipinski definition) is 6. The van der Waals surface area contributed by atoms with E-state index in [9.17, 15) is 9.59 Å². The molecule has 0 aliphatic heterocycles. The van der Waals surface area contributed by atoms with Crippen LogP contribution in [0.25, 0.3) is 33.5 Å². The molecule has 11 heteroatoms. The molecule has 2 aromatic heterocycles. The van der Waals surface area contributed by atoms with Crippen LogP contribution in [-0.2, 0) is 4.79 Å². The largest absolute Gasteiger partial charge is 0.483 e. The van der Waals surface area contributed by atoms with Crippen LogP contribution in [0, 0.1) is 0 Å². The van der Waals surface area contributed by atoms with Gasteiger partial charge in [0.05, 0.1) is 21.6 Å². The molecule has 1 amide bonds. The number of rotatable bonds is 7. The van der Waals surface area contributed by atoms with E-state index < -0.39 is 0 Å². The molecule has 0 radical (unpaired) electrons. The van der Waals surface area contributed by atoms with Crippen LogP contribution in [0.5, 0.6) is 5.75 Å². The third-order valence-electron chi connectivity index (χ3n) is 6.22. The van der Waals surface area contributed by atoms with Gasteiger partial charge in [0.1, 0.15) is 11.3 Å². The van der Waals surface area contributed by atoms with E-state index in [0.29, 0.717) is 48.7 Å². The molecule has 0 saturated carbocycles. The first-order chi connectivity index (χ1) is 20.3. The molecule has 4 aromatic carbocycles. The molecule has 0 aliphatic carbocycles. The number of benzene rings is 4. The van der Waals surface area contributed by atoms with Crippen molar-refractivity contribution in [1.82, 2.24) is 9.66 Å². The second kappa shape index (κ2) is 11.9. The smallest absolute Gasteiger partial charge is 0.282 e. The molecular formula is C31H19Br2ClN4O4. The first-order valence-electron chi connectivity index (χ1n) is 12.6. The number of furan rings is 1. The average molecular weight is 707 g/mol. The van der Waals surface area contributed by atoms with Crippen LogP contribution < -0.4 is 15.6 Å². The van der Waals surface area contributed by atoms with Gasteiger partial charge in [-0.2, -0.15) is 9.78 Å². The molecule has 6 rings (SSSR count). The highest BCUT2D eigenvalue weighted by Gasteiger charge is 2.17. The lowest BCUT2D eigenvalue weighted by atomic mass is 10.2. The highest BCUT2D eigenvalue weighted by molar-refractivity contribution is 9.10. The second-order valence-electron chi connectivity index (χ2n) is 9.14. The van der Waals surface area contributed by atoms with Crippen LogP contribution >= 0.6 is 43.5 Å². The quantitative estimate of drug-likeness (QED) is 0.170. The van der Waals surface area contributed by atoms with E-state index in [-0.39, 0.29) is 23.9 Å². The minimum Gasteiger partial charge on any atom is -0.483 e. The molecule has 0 unspecified atom stereocenters. The van der Waals surface area contributed by atoms with Crippen molar-refractivity contribution in [1.29, 1.82) is 0 Å². The number of carbonyl (C=O) groups is 1. The number of aromatic nitrogens is 2. The summed E-state index contributed by atoms with van der Waals surface area (Å²) in [5.41, 5.74) is 2.16. The van der Waals surface area contributed by atoms with E-state index in [4.69, 9.17) is 25.7 Å². The summed E-state index contributed by atoms with van der Waals surface area (Å²) in [6, 6.07) is 26.6. The van der Waals surface area contributed by atoms with Crippen molar-refractivity contribution < 1.29 is 13.9 Å². The molecule has 8 nitrogen and oxygen atoms in total. The zero-order valence-electron chi connectivity index (χ0n) is 21.6. The van der Waals surface area contributed by atoms with E-state index >= 15 is 0 Å². The first-order valence-corrected chi connectivity index (χ1v) is 14.5. The molecule has 42 heavy (non-hydrogen) atoms. The minimum absolute atomic E-state index is 0.190. The van der Waals surface area contributed by atoms with E-state index in [1.54, 1.807) is 66.9 Å². The van der Waals surface area contributed by atoms with Gasteiger partial charge < -0.3 is 14.5 Å². The molecule has 2 heterocycles. The molecule has 0 fully saturated rings. The van der Waals surface area contributed by atoms with Crippen LogP contribution in [0.1, 0.15) is 5.56 Å². The van der Waals surface area contributed by atoms with E-state index in [1.807, 2.05) is 30.3 Å². The molecular weight excluding hydrogens is 688 g/mol. The normalized spacial score (nSPS) is 11.4. The predicted molar refractivity (Wildman–Crippen MR) is 172 cm³/mol. The highest BCUT2D eigenvalue weighted by atomic mass is 79.9. The van der Waals surface area contributed by atoms with Crippen molar-refractivity contribution in [3.05, 3.63) is 121 Å². The maximum atomic E-state index is 13.5. The van der Waals surface area contributed by atoms with Gasteiger partial charge in [-0.3, -0.25) is 9.59 Å². The number of nitrogens with zero attached hydrogens (tertiary/aromatic N) is 3.